The molecule has 142 valence electrons. The highest BCUT2D eigenvalue weighted by molar-refractivity contribution is 7.71. The molecule has 0 radical (unpaired) electrons. The smallest absolute Gasteiger partial charge is 0.266 e. The Labute approximate surface area is 167 Å². The van der Waals surface area contributed by atoms with E-state index in [1.165, 1.54) is 0 Å². The van der Waals surface area contributed by atoms with Crippen LogP contribution in [0.3, 0.4) is 0 Å². The lowest BCUT2D eigenvalue weighted by Crippen LogP contribution is -2.20. The highest BCUT2D eigenvalue weighted by Crippen LogP contribution is 2.21. The summed E-state index contributed by atoms with van der Waals surface area (Å²) < 4.78 is 11.9. The van der Waals surface area contributed by atoms with Gasteiger partial charge in [-0.3, -0.25) is 9.36 Å². The number of H-pyrrole nitrogens is 1. The number of para-hydroxylation sites is 1. The van der Waals surface area contributed by atoms with Gasteiger partial charge in [-0.05, 0) is 35.8 Å². The molecule has 0 atom stereocenters. The standard InChI is InChI=1S/C18H12N2OS.C4H8O2/c21-17-14-9-3-4-10-15(14)19-18(22)20(17)16-11-5-7-12-6-1-2-8-13(12)16;1-2-6-4-3-5-1/h1-11H,(H,19,22);1-4H2. The summed E-state index contributed by atoms with van der Waals surface area (Å²) in [7, 11) is 0. The van der Waals surface area contributed by atoms with Crippen molar-refractivity contribution in [2.75, 3.05) is 26.4 Å². The first-order valence-electron chi connectivity index (χ1n) is 9.13. The van der Waals surface area contributed by atoms with Crippen LogP contribution in [0.4, 0.5) is 0 Å². The van der Waals surface area contributed by atoms with Crippen LogP contribution in [-0.4, -0.2) is 36.0 Å². The molecule has 3 aromatic carbocycles. The number of nitrogens with zero attached hydrogens (tertiary/aromatic N) is 1. The van der Waals surface area contributed by atoms with Crippen molar-refractivity contribution in [2.24, 2.45) is 0 Å². The Hall–Kier alpha value is -2.80. The van der Waals surface area contributed by atoms with E-state index in [9.17, 15) is 4.79 Å². The van der Waals surface area contributed by atoms with Gasteiger partial charge in [-0.1, -0.05) is 48.5 Å². The largest absolute Gasteiger partial charge is 0.377 e. The third-order valence-electron chi connectivity index (χ3n) is 4.56. The van der Waals surface area contributed by atoms with E-state index < -0.39 is 0 Å². The second kappa shape index (κ2) is 8.48. The van der Waals surface area contributed by atoms with Crippen LogP contribution in [-0.2, 0) is 9.47 Å². The van der Waals surface area contributed by atoms with Crippen molar-refractivity contribution < 1.29 is 9.47 Å². The van der Waals surface area contributed by atoms with E-state index in [1.54, 1.807) is 4.57 Å². The molecule has 0 saturated carbocycles. The van der Waals surface area contributed by atoms with Crippen LogP contribution in [0.1, 0.15) is 0 Å². The van der Waals surface area contributed by atoms with Gasteiger partial charge in [0.2, 0.25) is 0 Å². The second-order valence-electron chi connectivity index (χ2n) is 6.34. The number of ether oxygens (including phenoxy) is 2. The van der Waals surface area contributed by atoms with Crippen molar-refractivity contribution in [3.8, 4) is 5.69 Å². The Kier molecular flexibility index (Phi) is 5.62. The molecule has 5 nitrogen and oxygen atoms in total. The highest BCUT2D eigenvalue weighted by Gasteiger charge is 2.09. The van der Waals surface area contributed by atoms with Crippen LogP contribution < -0.4 is 5.56 Å². The van der Waals surface area contributed by atoms with Crippen molar-refractivity contribution in [2.45, 2.75) is 0 Å². The first kappa shape index (κ1) is 18.6. The van der Waals surface area contributed by atoms with Gasteiger partial charge in [0, 0.05) is 5.39 Å². The van der Waals surface area contributed by atoms with Gasteiger partial charge >= 0.3 is 0 Å². The van der Waals surface area contributed by atoms with Gasteiger partial charge in [0.25, 0.3) is 5.56 Å². The molecule has 1 aromatic heterocycles. The van der Waals surface area contributed by atoms with Gasteiger partial charge in [0.1, 0.15) is 0 Å². The van der Waals surface area contributed by atoms with Gasteiger partial charge < -0.3 is 14.5 Å². The Morgan fingerprint density at radius 3 is 2.11 bits per heavy atom. The minimum Gasteiger partial charge on any atom is -0.377 e. The third kappa shape index (κ3) is 3.75. The number of rotatable bonds is 1. The maximum atomic E-state index is 12.9. The highest BCUT2D eigenvalue weighted by atomic mass is 32.1. The maximum Gasteiger partial charge on any atom is 0.266 e. The predicted molar refractivity (Wildman–Crippen MR) is 114 cm³/mol. The lowest BCUT2D eigenvalue weighted by Gasteiger charge is -2.11. The molecular formula is C22H20N2O3S. The number of aromatic nitrogens is 2. The van der Waals surface area contributed by atoms with E-state index in [1.807, 2.05) is 66.7 Å². The molecule has 0 spiro atoms. The summed E-state index contributed by atoms with van der Waals surface area (Å²) in [5.41, 5.74) is 1.46. The summed E-state index contributed by atoms with van der Waals surface area (Å²) in [6.07, 6.45) is 0. The van der Waals surface area contributed by atoms with Gasteiger partial charge in [-0.15, -0.1) is 0 Å². The molecule has 0 unspecified atom stereocenters. The lowest BCUT2D eigenvalue weighted by atomic mass is 10.1. The molecule has 2 heterocycles. The zero-order valence-electron chi connectivity index (χ0n) is 15.3. The molecule has 5 rings (SSSR count). The molecule has 1 aliphatic rings. The number of fused-ring (bicyclic) bond motifs is 2. The lowest BCUT2D eigenvalue weighted by molar-refractivity contribution is -0.0334. The van der Waals surface area contributed by atoms with Crippen LogP contribution in [0.15, 0.2) is 71.5 Å². The molecule has 1 saturated heterocycles. The van der Waals surface area contributed by atoms with E-state index in [4.69, 9.17) is 21.7 Å². The van der Waals surface area contributed by atoms with E-state index in [-0.39, 0.29) is 5.56 Å². The average Bonchev–Trinajstić information content (AvgIpc) is 2.76. The van der Waals surface area contributed by atoms with Crippen molar-refractivity contribution in [3.63, 3.8) is 0 Å². The minimum atomic E-state index is -0.101. The summed E-state index contributed by atoms with van der Waals surface area (Å²) in [4.78, 5) is 16.0. The molecule has 4 aromatic rings. The Morgan fingerprint density at radius 1 is 0.786 bits per heavy atom. The summed E-state index contributed by atoms with van der Waals surface area (Å²) >= 11 is 5.42. The van der Waals surface area contributed by atoms with Crippen LogP contribution in [0.5, 0.6) is 0 Å². The van der Waals surface area contributed by atoms with Crippen LogP contribution in [0, 0.1) is 4.77 Å². The fourth-order valence-corrected chi connectivity index (χ4v) is 3.52. The number of hydrogen-bond acceptors (Lipinski definition) is 4. The van der Waals surface area contributed by atoms with Crippen LogP contribution in [0.25, 0.3) is 27.4 Å². The Bertz CT molecular complexity index is 1210. The van der Waals surface area contributed by atoms with Crippen molar-refractivity contribution in [1.29, 1.82) is 0 Å². The quantitative estimate of drug-likeness (QED) is 0.493. The molecular weight excluding hydrogens is 372 g/mol. The molecule has 1 fully saturated rings. The van der Waals surface area contributed by atoms with Crippen LogP contribution >= 0.6 is 12.2 Å². The minimum absolute atomic E-state index is 0.101. The number of benzene rings is 3. The Morgan fingerprint density at radius 2 is 1.39 bits per heavy atom. The molecule has 0 bridgehead atoms. The average molecular weight is 392 g/mol. The monoisotopic (exact) mass is 392 g/mol. The number of aromatic amines is 1. The fourth-order valence-electron chi connectivity index (χ4n) is 3.22. The van der Waals surface area contributed by atoms with E-state index in [2.05, 4.69) is 4.98 Å². The van der Waals surface area contributed by atoms with Crippen molar-refractivity contribution >= 4 is 33.9 Å². The van der Waals surface area contributed by atoms with Gasteiger partial charge in [0.15, 0.2) is 4.77 Å². The van der Waals surface area contributed by atoms with Gasteiger partial charge in [-0.2, -0.15) is 0 Å². The first-order chi connectivity index (χ1) is 13.8. The molecule has 1 N–H and O–H groups in total. The van der Waals surface area contributed by atoms with E-state index in [0.29, 0.717) is 10.2 Å². The molecule has 1 aliphatic heterocycles. The zero-order valence-corrected chi connectivity index (χ0v) is 16.1. The molecule has 28 heavy (non-hydrogen) atoms. The summed E-state index contributed by atoms with van der Waals surface area (Å²) in [6, 6.07) is 21.3. The van der Waals surface area contributed by atoms with Crippen LogP contribution in [0.2, 0.25) is 0 Å². The summed E-state index contributed by atoms with van der Waals surface area (Å²) in [5, 5.41) is 2.71. The fraction of sp³-hybridized carbons (Fsp3) is 0.182. The molecule has 6 heteroatoms. The summed E-state index contributed by atoms with van der Waals surface area (Å²) in [5.74, 6) is 0. The third-order valence-corrected chi connectivity index (χ3v) is 4.84. The van der Waals surface area contributed by atoms with Gasteiger partial charge in [0.05, 0.1) is 43.0 Å². The molecule has 0 aliphatic carbocycles. The molecule has 0 amide bonds. The Balaban J connectivity index is 0.000000275. The summed E-state index contributed by atoms with van der Waals surface area (Å²) in [6.45, 7) is 3.11. The van der Waals surface area contributed by atoms with Crippen molar-refractivity contribution in [1.82, 2.24) is 9.55 Å². The second-order valence-corrected chi connectivity index (χ2v) is 6.73. The zero-order chi connectivity index (χ0) is 19.3. The predicted octanol–water partition coefficient (Wildman–Crippen LogP) is 4.23. The van der Waals surface area contributed by atoms with E-state index >= 15 is 0 Å². The first-order valence-corrected chi connectivity index (χ1v) is 9.54. The SMILES string of the molecule is C1COCCO1.O=c1c2ccccc2[nH]c(=S)n1-c1cccc2ccccc12. The number of nitrogens with one attached hydrogen (secondary N) is 1. The normalized spacial score (nSPS) is 13.9. The number of hydrogen-bond donors (Lipinski definition) is 1. The van der Waals surface area contributed by atoms with E-state index in [0.717, 1.165) is 48.4 Å². The topological polar surface area (TPSA) is 56.2 Å². The maximum absolute atomic E-state index is 12.9. The van der Waals surface area contributed by atoms with Gasteiger partial charge in [-0.25, -0.2) is 0 Å². The van der Waals surface area contributed by atoms with Crippen molar-refractivity contribution in [3.05, 3.63) is 81.9 Å².